The summed E-state index contributed by atoms with van der Waals surface area (Å²) in [6.45, 7) is 7.13. The van der Waals surface area contributed by atoms with Gasteiger partial charge in [0.05, 0.1) is 6.10 Å². The molecule has 0 saturated carbocycles. The van der Waals surface area contributed by atoms with Crippen LogP contribution in [0.1, 0.15) is 38.0 Å². The second kappa shape index (κ2) is 6.83. The van der Waals surface area contributed by atoms with E-state index in [1.165, 1.54) is 5.56 Å². The summed E-state index contributed by atoms with van der Waals surface area (Å²) >= 11 is 0. The van der Waals surface area contributed by atoms with Crippen LogP contribution in [0.4, 0.5) is 0 Å². The molecule has 2 unspecified atom stereocenters. The third-order valence-electron chi connectivity index (χ3n) is 4.31. The second-order valence-electron chi connectivity index (χ2n) is 6.01. The number of rotatable bonds is 6. The van der Waals surface area contributed by atoms with Crippen molar-refractivity contribution in [3.63, 3.8) is 0 Å². The van der Waals surface area contributed by atoms with Gasteiger partial charge in [0.25, 0.3) is 0 Å². The van der Waals surface area contributed by atoms with Crippen molar-refractivity contribution >= 4 is 0 Å². The fraction of sp³-hybridized carbons (Fsp3) is 0.389. The molecule has 0 aliphatic heterocycles. The van der Waals surface area contributed by atoms with E-state index in [0.29, 0.717) is 6.54 Å². The van der Waals surface area contributed by atoms with Gasteiger partial charge >= 0.3 is 0 Å². The van der Waals surface area contributed by atoms with Crippen LogP contribution in [0, 0.1) is 0 Å². The zero-order valence-corrected chi connectivity index (χ0v) is 13.0. The van der Waals surface area contributed by atoms with Gasteiger partial charge in [-0.2, -0.15) is 0 Å². The Balaban J connectivity index is 1.97. The fourth-order valence-electron chi connectivity index (χ4n) is 2.36. The molecule has 2 aromatic rings. The molecule has 0 radical (unpaired) electrons. The van der Waals surface area contributed by atoms with E-state index >= 15 is 0 Å². The Morgan fingerprint density at radius 3 is 2.33 bits per heavy atom. The van der Waals surface area contributed by atoms with Crippen LogP contribution in [0.3, 0.4) is 0 Å². The molecule has 21 heavy (non-hydrogen) atoms. The molecule has 3 nitrogen and oxygen atoms in total. The molecule has 1 heterocycles. The van der Waals surface area contributed by atoms with Crippen molar-refractivity contribution in [2.24, 2.45) is 0 Å². The highest BCUT2D eigenvalue weighted by atomic mass is 16.3. The highest BCUT2D eigenvalue weighted by molar-refractivity contribution is 5.25. The van der Waals surface area contributed by atoms with Crippen LogP contribution in [-0.2, 0) is 5.41 Å². The highest BCUT2D eigenvalue weighted by Crippen LogP contribution is 2.27. The maximum atomic E-state index is 10.2. The fourth-order valence-corrected chi connectivity index (χ4v) is 2.36. The molecule has 112 valence electrons. The summed E-state index contributed by atoms with van der Waals surface area (Å²) in [6, 6.07) is 14.4. The molecule has 0 spiro atoms. The van der Waals surface area contributed by atoms with E-state index in [0.717, 1.165) is 5.56 Å². The molecule has 0 bridgehead atoms. The van der Waals surface area contributed by atoms with Gasteiger partial charge in [0.2, 0.25) is 0 Å². The normalized spacial score (nSPS) is 14.7. The first kappa shape index (κ1) is 15.7. The monoisotopic (exact) mass is 284 g/mol. The lowest BCUT2D eigenvalue weighted by atomic mass is 9.78. The van der Waals surface area contributed by atoms with Crippen molar-refractivity contribution in [3.8, 4) is 0 Å². The van der Waals surface area contributed by atoms with Crippen LogP contribution < -0.4 is 5.32 Å². The van der Waals surface area contributed by atoms with Gasteiger partial charge in [0.15, 0.2) is 0 Å². The largest absolute Gasteiger partial charge is 0.387 e. The molecule has 1 aromatic heterocycles. The number of nitrogens with zero attached hydrogens (tertiary/aromatic N) is 1. The summed E-state index contributed by atoms with van der Waals surface area (Å²) < 4.78 is 0. The van der Waals surface area contributed by atoms with E-state index in [-0.39, 0.29) is 11.5 Å². The quantitative estimate of drug-likeness (QED) is 0.857. The van der Waals surface area contributed by atoms with E-state index in [2.05, 4.69) is 55.3 Å². The van der Waals surface area contributed by atoms with Crippen molar-refractivity contribution in [3.05, 3.63) is 66.0 Å². The third kappa shape index (κ3) is 3.90. The molecule has 0 amide bonds. The van der Waals surface area contributed by atoms with Crippen molar-refractivity contribution in [1.29, 1.82) is 0 Å². The minimum Gasteiger partial charge on any atom is -0.387 e. The van der Waals surface area contributed by atoms with Gasteiger partial charge in [-0.25, -0.2) is 0 Å². The first-order chi connectivity index (χ1) is 10.0. The predicted octanol–water partition coefficient (Wildman–Crippen LogP) is 3.07. The van der Waals surface area contributed by atoms with Gasteiger partial charge < -0.3 is 10.4 Å². The predicted molar refractivity (Wildman–Crippen MR) is 86.1 cm³/mol. The third-order valence-corrected chi connectivity index (χ3v) is 4.31. The summed E-state index contributed by atoms with van der Waals surface area (Å²) in [7, 11) is 0. The molecule has 2 N–H and O–H groups in total. The Hall–Kier alpha value is -1.71. The topological polar surface area (TPSA) is 45.1 Å². The van der Waals surface area contributed by atoms with Crippen LogP contribution in [0.5, 0.6) is 0 Å². The summed E-state index contributed by atoms with van der Waals surface area (Å²) in [6.07, 6.45) is 2.90. The summed E-state index contributed by atoms with van der Waals surface area (Å²) in [5.41, 5.74) is 2.18. The molecular formula is C18H24N2O. The van der Waals surface area contributed by atoms with Crippen molar-refractivity contribution in [2.75, 3.05) is 6.54 Å². The number of pyridine rings is 1. The number of aliphatic hydroxyl groups excluding tert-OH is 1. The number of aliphatic hydroxyl groups is 1. The van der Waals surface area contributed by atoms with Crippen LogP contribution in [0.15, 0.2) is 54.9 Å². The summed E-state index contributed by atoms with van der Waals surface area (Å²) in [5, 5.41) is 13.7. The molecule has 3 heteroatoms. The molecular weight excluding hydrogens is 260 g/mol. The van der Waals surface area contributed by atoms with E-state index in [1.807, 2.05) is 18.2 Å². The summed E-state index contributed by atoms with van der Waals surface area (Å²) in [5.74, 6) is 0. The molecule has 0 aliphatic rings. The van der Waals surface area contributed by atoms with E-state index in [4.69, 9.17) is 0 Å². The number of hydrogen-bond acceptors (Lipinski definition) is 3. The average molecular weight is 284 g/mol. The smallest absolute Gasteiger partial charge is 0.0915 e. The Bertz CT molecular complexity index is 540. The number of nitrogens with one attached hydrogen (secondary N) is 1. The number of hydrogen-bond donors (Lipinski definition) is 2. The van der Waals surface area contributed by atoms with Gasteiger partial charge in [-0.05, 0) is 30.2 Å². The lowest BCUT2D eigenvalue weighted by Gasteiger charge is -2.34. The van der Waals surface area contributed by atoms with Crippen LogP contribution in [0.25, 0.3) is 0 Å². The van der Waals surface area contributed by atoms with E-state index in [1.54, 1.807) is 12.4 Å². The van der Waals surface area contributed by atoms with Gasteiger partial charge in [-0.1, -0.05) is 44.2 Å². The SMILES string of the molecule is CC(NCC(O)c1ccncc1)C(C)(C)c1ccccc1. The lowest BCUT2D eigenvalue weighted by Crippen LogP contribution is -2.44. The highest BCUT2D eigenvalue weighted by Gasteiger charge is 2.27. The lowest BCUT2D eigenvalue weighted by molar-refractivity contribution is 0.164. The van der Waals surface area contributed by atoms with Gasteiger partial charge in [-0.15, -0.1) is 0 Å². The van der Waals surface area contributed by atoms with Crippen molar-refractivity contribution in [2.45, 2.75) is 38.3 Å². The van der Waals surface area contributed by atoms with E-state index in [9.17, 15) is 5.11 Å². The molecule has 2 atom stereocenters. The minimum atomic E-state index is -0.512. The van der Waals surface area contributed by atoms with E-state index < -0.39 is 6.10 Å². The summed E-state index contributed by atoms with van der Waals surface area (Å²) in [4.78, 5) is 3.97. The minimum absolute atomic E-state index is 0.000770. The maximum Gasteiger partial charge on any atom is 0.0915 e. The first-order valence-electron chi connectivity index (χ1n) is 7.38. The van der Waals surface area contributed by atoms with Gasteiger partial charge in [0, 0.05) is 30.4 Å². The average Bonchev–Trinajstić information content (AvgIpc) is 2.53. The molecule has 1 aromatic carbocycles. The maximum absolute atomic E-state index is 10.2. The molecule has 2 rings (SSSR count). The molecule has 0 saturated heterocycles. The first-order valence-corrected chi connectivity index (χ1v) is 7.38. The standard InChI is InChI=1S/C18H24N2O/c1-14(18(2,3)16-7-5-4-6-8-16)20-13-17(21)15-9-11-19-12-10-15/h4-12,14,17,20-21H,13H2,1-3H3. The number of benzene rings is 1. The van der Waals surface area contributed by atoms with Crippen LogP contribution >= 0.6 is 0 Å². The van der Waals surface area contributed by atoms with Crippen LogP contribution in [-0.4, -0.2) is 22.7 Å². The Labute approximate surface area is 127 Å². The van der Waals surface area contributed by atoms with Gasteiger partial charge in [-0.3, -0.25) is 4.98 Å². The van der Waals surface area contributed by atoms with Crippen molar-refractivity contribution < 1.29 is 5.11 Å². The van der Waals surface area contributed by atoms with Gasteiger partial charge in [0.1, 0.15) is 0 Å². The zero-order valence-electron chi connectivity index (χ0n) is 13.0. The zero-order chi connectivity index (χ0) is 15.3. The van der Waals surface area contributed by atoms with Crippen molar-refractivity contribution in [1.82, 2.24) is 10.3 Å². The second-order valence-corrected chi connectivity index (χ2v) is 6.01. The Morgan fingerprint density at radius 2 is 1.71 bits per heavy atom. The molecule has 0 aliphatic carbocycles. The number of aromatic nitrogens is 1. The van der Waals surface area contributed by atoms with Crippen LogP contribution in [0.2, 0.25) is 0 Å². The Morgan fingerprint density at radius 1 is 1.10 bits per heavy atom. The Kier molecular flexibility index (Phi) is 5.10. The molecule has 0 fully saturated rings.